The van der Waals surface area contributed by atoms with Crippen molar-refractivity contribution in [1.82, 2.24) is 4.90 Å². The van der Waals surface area contributed by atoms with Crippen molar-refractivity contribution < 1.29 is 38.9 Å². The van der Waals surface area contributed by atoms with E-state index in [9.17, 15) is 44.5 Å². The summed E-state index contributed by atoms with van der Waals surface area (Å²) in [7, 11) is 5.30. The van der Waals surface area contributed by atoms with E-state index in [0.717, 1.165) is 17.0 Å². The standard InChI is InChI=1S/C30H26BrCl2N5O10/c1-34(2)23-18(37(44)45)9-13(10-19(23)38(46)47)36-25(40)15-6-5-14-17(21(15)26(36)41)11-29(32)27(42)35(3)28(43)30(29,33)22(14)16-7-12(31)8-20(48-4)24(16)39/h5,7-10,15,17,21-22,39H,6,11H2,1-4H3. The number of phenolic OH excluding ortho intramolecular Hbond substituents is 1. The number of likely N-dealkylation sites (tertiary alicyclic amines) is 1. The average Bonchev–Trinajstić information content (AvgIpc) is 3.36. The van der Waals surface area contributed by atoms with Gasteiger partial charge in [-0.15, -0.1) is 23.2 Å². The summed E-state index contributed by atoms with van der Waals surface area (Å²) in [5.41, 5.74) is -1.64. The molecule has 252 valence electrons. The molecule has 6 unspecified atom stereocenters. The number of benzene rings is 2. The van der Waals surface area contributed by atoms with Gasteiger partial charge in [0.1, 0.15) is 0 Å². The third-order valence-corrected chi connectivity index (χ3v) is 11.6. The summed E-state index contributed by atoms with van der Waals surface area (Å²) in [6.45, 7) is 0. The molecule has 4 amide bonds. The molecule has 0 spiro atoms. The zero-order valence-electron chi connectivity index (χ0n) is 25.6. The van der Waals surface area contributed by atoms with Crippen molar-refractivity contribution in [3.05, 3.63) is 66.2 Å². The molecule has 2 saturated heterocycles. The van der Waals surface area contributed by atoms with Gasteiger partial charge in [0.15, 0.2) is 26.9 Å². The number of alkyl halides is 2. The Morgan fingerprint density at radius 3 is 2.15 bits per heavy atom. The molecule has 2 aliphatic carbocycles. The number of anilines is 2. The minimum Gasteiger partial charge on any atom is -0.504 e. The number of nitro benzene ring substituents is 2. The molecule has 4 aliphatic rings. The zero-order chi connectivity index (χ0) is 35.4. The topological polar surface area (TPSA) is 194 Å². The smallest absolute Gasteiger partial charge is 0.301 e. The quantitative estimate of drug-likeness (QED) is 0.145. The zero-order valence-corrected chi connectivity index (χ0v) is 28.7. The SMILES string of the molecule is COc1cc(Br)cc(C2C3=CCC4C(=O)N(c5cc([N+](=O)[O-])c(N(C)C)c([N+](=O)[O-])c5)C(=O)C4C3CC3(Cl)C(=O)N(C)C(=O)C23Cl)c1O. The number of carbonyl (C=O) groups is 4. The molecular formula is C30H26BrCl2N5O10. The molecule has 1 saturated carbocycles. The average molecular weight is 767 g/mol. The van der Waals surface area contributed by atoms with Crippen LogP contribution in [0, 0.1) is 38.0 Å². The molecule has 0 aromatic heterocycles. The molecule has 6 rings (SSSR count). The predicted molar refractivity (Wildman–Crippen MR) is 174 cm³/mol. The number of nitrogens with zero attached hydrogens (tertiary/aromatic N) is 5. The van der Waals surface area contributed by atoms with E-state index in [4.69, 9.17) is 27.9 Å². The summed E-state index contributed by atoms with van der Waals surface area (Å²) in [5.74, 6) is -8.15. The van der Waals surface area contributed by atoms with Gasteiger partial charge in [-0.05, 0) is 30.9 Å². The Labute approximate surface area is 290 Å². The largest absolute Gasteiger partial charge is 0.504 e. The van der Waals surface area contributed by atoms with Crippen LogP contribution in [0.2, 0.25) is 0 Å². The van der Waals surface area contributed by atoms with E-state index in [2.05, 4.69) is 15.9 Å². The van der Waals surface area contributed by atoms with Gasteiger partial charge in [-0.2, -0.15) is 0 Å². The second kappa shape index (κ2) is 11.1. The Hall–Kier alpha value is -4.28. The van der Waals surface area contributed by atoms with Gasteiger partial charge in [-0.3, -0.25) is 44.3 Å². The fraction of sp³-hybridized carbons (Fsp3) is 0.400. The van der Waals surface area contributed by atoms with Gasteiger partial charge in [-0.1, -0.05) is 27.6 Å². The molecule has 2 heterocycles. The predicted octanol–water partition coefficient (Wildman–Crippen LogP) is 4.24. The number of halogens is 3. The number of fused-ring (bicyclic) bond motifs is 4. The van der Waals surface area contributed by atoms with Crippen LogP contribution >= 0.6 is 39.1 Å². The summed E-state index contributed by atoms with van der Waals surface area (Å²) in [4.78, 5) is 76.5. The van der Waals surface area contributed by atoms with Crippen LogP contribution in [0.4, 0.5) is 22.7 Å². The summed E-state index contributed by atoms with van der Waals surface area (Å²) < 4.78 is 5.76. The van der Waals surface area contributed by atoms with Crippen LogP contribution in [-0.4, -0.2) is 81.5 Å². The number of rotatable bonds is 6. The first-order valence-corrected chi connectivity index (χ1v) is 16.0. The number of carbonyl (C=O) groups excluding carboxylic acids is 4. The maximum absolute atomic E-state index is 14.4. The second-order valence-corrected chi connectivity index (χ2v) is 14.5. The van der Waals surface area contributed by atoms with E-state index >= 15 is 0 Å². The maximum atomic E-state index is 14.4. The lowest BCUT2D eigenvalue weighted by molar-refractivity contribution is -0.392. The Morgan fingerprint density at radius 1 is 1.00 bits per heavy atom. The van der Waals surface area contributed by atoms with E-state index in [-0.39, 0.29) is 41.3 Å². The molecule has 48 heavy (non-hydrogen) atoms. The molecule has 1 N–H and O–H groups in total. The summed E-state index contributed by atoms with van der Waals surface area (Å²) in [6, 6.07) is 4.83. The van der Waals surface area contributed by atoms with Crippen molar-refractivity contribution in [2.75, 3.05) is 38.1 Å². The second-order valence-electron chi connectivity index (χ2n) is 12.3. The highest BCUT2D eigenvalue weighted by Gasteiger charge is 2.76. The van der Waals surface area contributed by atoms with Gasteiger partial charge in [-0.25, -0.2) is 4.90 Å². The first kappa shape index (κ1) is 33.6. The number of aromatic hydroxyl groups is 1. The number of methoxy groups -OCH3 is 1. The number of amides is 4. The van der Waals surface area contributed by atoms with Gasteiger partial charge in [0.05, 0.1) is 34.5 Å². The number of imide groups is 2. The highest BCUT2D eigenvalue weighted by atomic mass is 79.9. The lowest BCUT2D eigenvalue weighted by atomic mass is 9.56. The first-order chi connectivity index (χ1) is 22.4. The minimum absolute atomic E-state index is 0.0176. The van der Waals surface area contributed by atoms with Crippen LogP contribution < -0.4 is 14.5 Å². The Bertz CT molecular complexity index is 1890. The van der Waals surface area contributed by atoms with E-state index in [1.54, 1.807) is 6.08 Å². The lowest BCUT2D eigenvalue weighted by Gasteiger charge is -2.50. The minimum atomic E-state index is -2.17. The van der Waals surface area contributed by atoms with Gasteiger partial charge < -0.3 is 14.7 Å². The molecule has 0 radical (unpaired) electrons. The third-order valence-electron chi connectivity index (χ3n) is 9.77. The van der Waals surface area contributed by atoms with Crippen molar-refractivity contribution >= 4 is 85.5 Å². The number of hydrogen-bond acceptors (Lipinski definition) is 11. The molecule has 15 nitrogen and oxygen atoms in total. The number of allylic oxidation sites excluding steroid dienone is 2. The van der Waals surface area contributed by atoms with E-state index in [1.165, 1.54) is 45.3 Å². The van der Waals surface area contributed by atoms with Crippen molar-refractivity contribution in [1.29, 1.82) is 0 Å². The summed E-state index contributed by atoms with van der Waals surface area (Å²) in [6.07, 6.45) is 1.23. The van der Waals surface area contributed by atoms with Gasteiger partial charge in [0.2, 0.25) is 11.8 Å². The number of phenols is 1. The van der Waals surface area contributed by atoms with Crippen molar-refractivity contribution in [2.24, 2.45) is 17.8 Å². The molecule has 0 bridgehead atoms. The Balaban J connectivity index is 1.54. The van der Waals surface area contributed by atoms with Crippen LogP contribution in [0.25, 0.3) is 0 Å². The first-order valence-electron chi connectivity index (χ1n) is 14.4. The highest BCUT2D eigenvalue weighted by molar-refractivity contribution is 9.10. The molecular weight excluding hydrogens is 741 g/mol. The molecule has 6 atom stereocenters. The third kappa shape index (κ3) is 4.31. The number of nitro groups is 2. The van der Waals surface area contributed by atoms with Crippen molar-refractivity contribution in [3.63, 3.8) is 0 Å². The van der Waals surface area contributed by atoms with Crippen LogP contribution in [0.3, 0.4) is 0 Å². The summed E-state index contributed by atoms with van der Waals surface area (Å²) in [5, 5.41) is 35.4. The lowest BCUT2D eigenvalue weighted by Crippen LogP contribution is -2.60. The monoisotopic (exact) mass is 765 g/mol. The van der Waals surface area contributed by atoms with Gasteiger partial charge in [0.25, 0.3) is 11.8 Å². The number of hydrogen-bond donors (Lipinski definition) is 1. The molecule has 2 aromatic rings. The molecule has 18 heteroatoms. The molecule has 2 aliphatic heterocycles. The van der Waals surface area contributed by atoms with Crippen LogP contribution in [0.15, 0.2) is 40.4 Å². The van der Waals surface area contributed by atoms with Crippen molar-refractivity contribution in [3.8, 4) is 11.5 Å². The normalized spacial score (nSPS) is 29.4. The van der Waals surface area contributed by atoms with Gasteiger partial charge >= 0.3 is 11.4 Å². The molecule has 3 fully saturated rings. The molecule has 2 aromatic carbocycles. The van der Waals surface area contributed by atoms with E-state index in [1.807, 2.05) is 0 Å². The van der Waals surface area contributed by atoms with E-state index < -0.39 is 78.3 Å². The van der Waals surface area contributed by atoms with Crippen molar-refractivity contribution in [2.45, 2.75) is 28.5 Å². The van der Waals surface area contributed by atoms with E-state index in [0.29, 0.717) is 14.9 Å². The maximum Gasteiger partial charge on any atom is 0.301 e. The van der Waals surface area contributed by atoms with Crippen LogP contribution in [0.1, 0.15) is 24.3 Å². The Morgan fingerprint density at radius 2 is 1.60 bits per heavy atom. The fourth-order valence-corrected chi connectivity index (χ4v) is 9.24. The number of ether oxygens (including phenoxy) is 1. The fourth-order valence-electron chi connectivity index (χ4n) is 7.77. The Kier molecular flexibility index (Phi) is 7.80. The summed E-state index contributed by atoms with van der Waals surface area (Å²) >= 11 is 17.7. The van der Waals surface area contributed by atoms with Crippen LogP contribution in [-0.2, 0) is 19.2 Å². The van der Waals surface area contributed by atoms with Gasteiger partial charge in [0, 0.05) is 49.2 Å². The van der Waals surface area contributed by atoms with Crippen LogP contribution in [0.5, 0.6) is 11.5 Å². The highest BCUT2D eigenvalue weighted by Crippen LogP contribution is 2.66.